The largest absolute Gasteiger partial charge is 0.508 e. The van der Waals surface area contributed by atoms with Gasteiger partial charge in [0, 0.05) is 54.8 Å². The van der Waals surface area contributed by atoms with Gasteiger partial charge in [-0.05, 0) is 29.3 Å². The van der Waals surface area contributed by atoms with Gasteiger partial charge in [0.05, 0.1) is 18.8 Å². The Bertz CT molecular complexity index is 1170. The Morgan fingerprint density at radius 3 is 2.70 bits per heavy atom. The van der Waals surface area contributed by atoms with Crippen molar-refractivity contribution in [2.75, 3.05) is 27.4 Å². The van der Waals surface area contributed by atoms with Gasteiger partial charge in [-0.3, -0.25) is 4.90 Å². The van der Waals surface area contributed by atoms with Crippen molar-refractivity contribution < 1.29 is 9.84 Å². The normalized spacial score (nSPS) is 20.3. The number of methoxy groups -OCH3 is 1. The maximum Gasteiger partial charge on any atom is 0.119 e. The van der Waals surface area contributed by atoms with E-state index in [2.05, 4.69) is 52.3 Å². The van der Waals surface area contributed by atoms with Crippen molar-refractivity contribution in [2.24, 2.45) is 0 Å². The molecule has 2 aliphatic rings. The predicted octanol–water partition coefficient (Wildman–Crippen LogP) is 4.36. The van der Waals surface area contributed by atoms with Crippen LogP contribution in [0.2, 0.25) is 0 Å². The molecule has 0 radical (unpaired) electrons. The second kappa shape index (κ2) is 7.15. The van der Waals surface area contributed by atoms with Gasteiger partial charge in [0.2, 0.25) is 0 Å². The van der Waals surface area contributed by atoms with Crippen molar-refractivity contribution in [2.45, 2.75) is 19.0 Å². The van der Waals surface area contributed by atoms with E-state index >= 15 is 0 Å². The van der Waals surface area contributed by atoms with Gasteiger partial charge in [-0.15, -0.1) is 0 Å². The summed E-state index contributed by atoms with van der Waals surface area (Å²) in [6.07, 6.45) is 0. The summed E-state index contributed by atoms with van der Waals surface area (Å²) in [6, 6.07) is 14.3. The van der Waals surface area contributed by atoms with Crippen LogP contribution in [-0.2, 0) is 13.1 Å². The fourth-order valence-corrected chi connectivity index (χ4v) is 5.09. The topological polar surface area (TPSA) is 40.9 Å². The first-order valence-electron chi connectivity index (χ1n) is 10.1. The number of hydrogen-bond acceptors (Lipinski definition) is 4. The van der Waals surface area contributed by atoms with Crippen molar-refractivity contribution in [1.29, 1.82) is 0 Å². The molecule has 3 aromatic rings. The maximum atomic E-state index is 9.63. The number of hydrogen-bond donors (Lipinski definition) is 1. The number of aliphatic hydroxyl groups is 1. The van der Waals surface area contributed by atoms with Gasteiger partial charge in [0.1, 0.15) is 11.5 Å². The first kappa shape index (κ1) is 19.2. The van der Waals surface area contributed by atoms with Crippen LogP contribution in [0.3, 0.4) is 0 Å². The van der Waals surface area contributed by atoms with Gasteiger partial charge < -0.3 is 19.3 Å². The first-order valence-corrected chi connectivity index (χ1v) is 10.5. The zero-order valence-electron chi connectivity index (χ0n) is 17.3. The molecule has 1 aromatic heterocycles. The van der Waals surface area contributed by atoms with Crippen LogP contribution in [0.25, 0.3) is 16.7 Å². The van der Waals surface area contributed by atoms with Crippen molar-refractivity contribution >= 4 is 33.9 Å². The highest BCUT2D eigenvalue weighted by Gasteiger charge is 2.38. The number of benzene rings is 2. The van der Waals surface area contributed by atoms with E-state index in [1.165, 1.54) is 27.7 Å². The minimum absolute atomic E-state index is 0.0932. The summed E-state index contributed by atoms with van der Waals surface area (Å²) in [5, 5.41) is 10.9. The quantitative estimate of drug-likeness (QED) is 0.503. The molecule has 1 fully saturated rings. The molecule has 1 N–H and O–H groups in total. The van der Waals surface area contributed by atoms with Gasteiger partial charge >= 0.3 is 0 Å². The summed E-state index contributed by atoms with van der Waals surface area (Å²) in [4.78, 5) is 5.67. The predicted molar refractivity (Wildman–Crippen MR) is 124 cm³/mol. The van der Waals surface area contributed by atoms with Gasteiger partial charge in [0.15, 0.2) is 0 Å². The lowest BCUT2D eigenvalue weighted by molar-refractivity contribution is 0.150. The molecule has 2 aromatic carbocycles. The summed E-state index contributed by atoms with van der Waals surface area (Å²) in [7, 11) is 3.80. The van der Waals surface area contributed by atoms with Gasteiger partial charge in [-0.2, -0.15) is 0 Å². The van der Waals surface area contributed by atoms with E-state index in [0.29, 0.717) is 0 Å². The minimum atomic E-state index is 0.0932. The molecule has 5 nitrogen and oxygen atoms in total. The smallest absolute Gasteiger partial charge is 0.119 e. The molecule has 154 valence electrons. The van der Waals surface area contributed by atoms with Crippen LogP contribution in [0, 0.1) is 0 Å². The van der Waals surface area contributed by atoms with E-state index in [9.17, 15) is 5.11 Å². The number of fused-ring (bicyclic) bond motifs is 6. The highest BCUT2D eigenvalue weighted by Crippen LogP contribution is 2.41. The van der Waals surface area contributed by atoms with E-state index in [0.717, 1.165) is 42.6 Å². The lowest BCUT2D eigenvalue weighted by Crippen LogP contribution is -2.52. The van der Waals surface area contributed by atoms with Crippen LogP contribution in [0.15, 0.2) is 49.0 Å². The van der Waals surface area contributed by atoms with Crippen LogP contribution in [0.5, 0.6) is 5.75 Å². The van der Waals surface area contributed by atoms with Crippen molar-refractivity contribution in [1.82, 2.24) is 14.4 Å². The SMILES string of the molecule is C=C(O)c1ccc(Cn2c3c(c4cc(OC)ccc42)[C@H]2CN(C3)CN(C)C2=S)cc1. The lowest BCUT2D eigenvalue weighted by atomic mass is 9.90. The Labute approximate surface area is 181 Å². The molecule has 6 heteroatoms. The fraction of sp³-hybridized carbons (Fsp3) is 0.292. The Balaban J connectivity index is 1.66. The molecule has 1 saturated heterocycles. The monoisotopic (exact) mass is 419 g/mol. The number of aliphatic hydroxyl groups excluding tert-OH is 1. The van der Waals surface area contributed by atoms with E-state index in [1.807, 2.05) is 18.2 Å². The standard InChI is InChI=1S/C24H25N3O2S/c1-15(28)17-6-4-16(5-7-17)11-27-21-9-8-18(29-3)10-19(21)23-20-12-26(13-22(23)27)14-25(2)24(20)30/h4-10,20,28H,1,11-14H2,2-3H3/t20-/m1/s1. The third-order valence-electron chi connectivity index (χ3n) is 6.30. The summed E-state index contributed by atoms with van der Waals surface area (Å²) in [6.45, 7) is 7.12. The van der Waals surface area contributed by atoms with Crippen molar-refractivity contribution in [3.8, 4) is 5.75 Å². The van der Waals surface area contributed by atoms with Gasteiger partial charge in [-0.25, -0.2) is 0 Å². The second-order valence-corrected chi connectivity index (χ2v) is 8.63. The molecule has 0 spiro atoms. The van der Waals surface area contributed by atoms with Crippen LogP contribution >= 0.6 is 12.2 Å². The third-order valence-corrected chi connectivity index (χ3v) is 6.89. The first-order chi connectivity index (χ1) is 14.5. The highest BCUT2D eigenvalue weighted by molar-refractivity contribution is 7.80. The Morgan fingerprint density at radius 1 is 1.23 bits per heavy atom. The molecule has 0 amide bonds. The lowest BCUT2D eigenvalue weighted by Gasteiger charge is -2.44. The molecule has 30 heavy (non-hydrogen) atoms. The molecule has 1 unspecified atom stereocenters. The van der Waals surface area contributed by atoms with Crippen molar-refractivity contribution in [3.63, 3.8) is 0 Å². The Hall–Kier alpha value is -2.83. The number of likely N-dealkylation sites (N-methyl/N-ethyl adjacent to an activating group) is 1. The Morgan fingerprint density at radius 2 is 2.00 bits per heavy atom. The third kappa shape index (κ3) is 2.99. The number of ether oxygens (including phenoxy) is 1. The molecule has 3 heterocycles. The number of thiocarbonyl (C=S) groups is 1. The average molecular weight is 420 g/mol. The van der Waals surface area contributed by atoms with Crippen LogP contribution in [0.1, 0.15) is 28.3 Å². The van der Waals surface area contributed by atoms with Crippen LogP contribution in [0.4, 0.5) is 0 Å². The van der Waals surface area contributed by atoms with E-state index in [1.54, 1.807) is 7.11 Å². The van der Waals surface area contributed by atoms with Crippen molar-refractivity contribution in [3.05, 3.63) is 71.4 Å². The molecule has 0 saturated carbocycles. The highest BCUT2D eigenvalue weighted by atomic mass is 32.1. The average Bonchev–Trinajstić information content (AvgIpc) is 3.04. The molecule has 2 aliphatic heterocycles. The summed E-state index contributed by atoms with van der Waals surface area (Å²) >= 11 is 5.84. The summed E-state index contributed by atoms with van der Waals surface area (Å²) in [5.74, 6) is 1.18. The fourth-order valence-electron chi connectivity index (χ4n) is 4.84. The minimum Gasteiger partial charge on any atom is -0.508 e. The molecule has 2 bridgehead atoms. The zero-order chi connectivity index (χ0) is 21.0. The summed E-state index contributed by atoms with van der Waals surface area (Å²) < 4.78 is 7.95. The maximum absolute atomic E-state index is 9.63. The summed E-state index contributed by atoms with van der Waals surface area (Å²) in [5.41, 5.74) is 5.81. The number of rotatable bonds is 4. The molecule has 2 atom stereocenters. The van der Waals surface area contributed by atoms with E-state index in [4.69, 9.17) is 17.0 Å². The molecule has 5 rings (SSSR count). The zero-order valence-corrected chi connectivity index (χ0v) is 18.1. The molecular weight excluding hydrogens is 394 g/mol. The molecular formula is C24H25N3O2S. The van der Waals surface area contributed by atoms with Gasteiger partial charge in [0.25, 0.3) is 0 Å². The van der Waals surface area contributed by atoms with E-state index in [-0.39, 0.29) is 11.7 Å². The van der Waals surface area contributed by atoms with E-state index < -0.39 is 0 Å². The second-order valence-electron chi connectivity index (χ2n) is 8.21. The van der Waals surface area contributed by atoms with Gasteiger partial charge in [-0.1, -0.05) is 43.1 Å². The van der Waals surface area contributed by atoms with Crippen LogP contribution in [-0.4, -0.2) is 51.8 Å². The molecule has 0 aliphatic carbocycles. The number of aromatic nitrogens is 1. The van der Waals surface area contributed by atoms with Crippen LogP contribution < -0.4 is 4.74 Å². The number of nitrogens with zero attached hydrogens (tertiary/aromatic N) is 3. The Kier molecular flexibility index (Phi) is 4.56.